The number of aromatic nitrogens is 1. The Kier molecular flexibility index (Phi) is 1.02. The lowest BCUT2D eigenvalue weighted by Gasteiger charge is -1.86. The first-order valence-corrected chi connectivity index (χ1v) is 3.83. The second kappa shape index (κ2) is 1.76. The summed E-state index contributed by atoms with van der Waals surface area (Å²) in [5.41, 5.74) is 1.10. The monoisotopic (exact) mass is 153 g/mol. The molecule has 2 aromatic rings. The third kappa shape index (κ3) is 0.640. The van der Waals surface area contributed by atoms with E-state index in [1.807, 2.05) is 23.9 Å². The molecule has 2 aromatic heterocycles. The molecule has 0 radical (unpaired) electrons. The zero-order valence-electron chi connectivity index (χ0n) is 5.53. The predicted molar refractivity (Wildman–Crippen MR) is 42.5 cm³/mol. The van der Waals surface area contributed by atoms with Crippen LogP contribution in [0.25, 0.3) is 10.2 Å². The molecule has 0 bridgehead atoms. The lowest BCUT2D eigenvalue weighted by Crippen LogP contribution is -1.79. The van der Waals surface area contributed by atoms with Gasteiger partial charge in [-0.2, -0.15) is 0 Å². The van der Waals surface area contributed by atoms with Gasteiger partial charge in [-0.1, -0.05) is 11.3 Å². The second-order valence-corrected chi connectivity index (χ2v) is 3.32. The molecule has 0 unspecified atom stereocenters. The van der Waals surface area contributed by atoms with Gasteiger partial charge in [0.15, 0.2) is 5.06 Å². The van der Waals surface area contributed by atoms with E-state index in [2.05, 4.69) is 0 Å². The van der Waals surface area contributed by atoms with Crippen LogP contribution in [0.2, 0.25) is 0 Å². The van der Waals surface area contributed by atoms with Crippen molar-refractivity contribution in [2.45, 2.75) is 0 Å². The Morgan fingerprint density at radius 3 is 3.10 bits per heavy atom. The van der Waals surface area contributed by atoms with Gasteiger partial charge in [0.2, 0.25) is 0 Å². The van der Waals surface area contributed by atoms with Gasteiger partial charge in [0.1, 0.15) is 0 Å². The highest BCUT2D eigenvalue weighted by molar-refractivity contribution is 7.20. The lowest BCUT2D eigenvalue weighted by molar-refractivity contribution is 0.491. The van der Waals surface area contributed by atoms with Crippen LogP contribution >= 0.6 is 11.3 Å². The van der Waals surface area contributed by atoms with Crippen LogP contribution in [-0.2, 0) is 7.05 Å². The van der Waals surface area contributed by atoms with Crippen LogP contribution in [0.3, 0.4) is 0 Å². The van der Waals surface area contributed by atoms with Crippen molar-refractivity contribution >= 4 is 21.6 Å². The summed E-state index contributed by atoms with van der Waals surface area (Å²) in [5.74, 6) is 0. The van der Waals surface area contributed by atoms with Crippen molar-refractivity contribution in [3.05, 3.63) is 18.3 Å². The van der Waals surface area contributed by atoms with Crippen LogP contribution in [0.1, 0.15) is 0 Å². The van der Waals surface area contributed by atoms with Gasteiger partial charge >= 0.3 is 0 Å². The minimum absolute atomic E-state index is 0.390. The summed E-state index contributed by atoms with van der Waals surface area (Å²) >= 11 is 1.41. The second-order valence-electron chi connectivity index (χ2n) is 2.26. The summed E-state index contributed by atoms with van der Waals surface area (Å²) in [6.45, 7) is 0. The maximum atomic E-state index is 9.07. The molecule has 2 heterocycles. The number of rotatable bonds is 0. The molecule has 0 saturated carbocycles. The fourth-order valence-corrected chi connectivity index (χ4v) is 1.87. The molecule has 0 aliphatic rings. The Labute approximate surface area is 62.3 Å². The summed E-state index contributed by atoms with van der Waals surface area (Å²) in [6, 6.07) is 3.78. The first-order valence-electron chi connectivity index (χ1n) is 3.01. The minimum Gasteiger partial charge on any atom is -0.499 e. The Balaban J connectivity index is 2.90. The highest BCUT2D eigenvalue weighted by atomic mass is 32.1. The highest BCUT2D eigenvalue weighted by Crippen LogP contribution is 2.30. The molecule has 0 atom stereocenters. The quantitative estimate of drug-likeness (QED) is 0.614. The number of hydrogen-bond acceptors (Lipinski definition) is 2. The third-order valence-electron chi connectivity index (χ3n) is 1.56. The van der Waals surface area contributed by atoms with Gasteiger partial charge in [-0.25, -0.2) is 0 Å². The summed E-state index contributed by atoms with van der Waals surface area (Å²) in [4.78, 5) is 0. The minimum atomic E-state index is 0.390. The van der Waals surface area contributed by atoms with Crippen LogP contribution in [0.15, 0.2) is 18.3 Å². The van der Waals surface area contributed by atoms with Gasteiger partial charge < -0.3 is 9.67 Å². The van der Waals surface area contributed by atoms with E-state index in [1.54, 1.807) is 6.07 Å². The van der Waals surface area contributed by atoms with Crippen LogP contribution < -0.4 is 0 Å². The molecule has 2 nitrogen and oxygen atoms in total. The topological polar surface area (TPSA) is 25.2 Å². The van der Waals surface area contributed by atoms with Gasteiger partial charge in [-0.3, -0.25) is 0 Å². The summed E-state index contributed by atoms with van der Waals surface area (Å²) in [6.07, 6.45) is 1.99. The van der Waals surface area contributed by atoms with Crippen LogP contribution in [0.4, 0.5) is 0 Å². The van der Waals surface area contributed by atoms with Crippen molar-refractivity contribution in [2.24, 2.45) is 7.05 Å². The van der Waals surface area contributed by atoms with Crippen molar-refractivity contribution in [1.82, 2.24) is 4.57 Å². The number of aryl methyl sites for hydroxylation is 1. The molecule has 0 aromatic carbocycles. The molecule has 10 heavy (non-hydrogen) atoms. The SMILES string of the molecule is Cn1ccc2sc(O)cc21. The van der Waals surface area contributed by atoms with Crippen LogP contribution in [-0.4, -0.2) is 9.67 Å². The Morgan fingerprint density at radius 1 is 1.60 bits per heavy atom. The Hall–Kier alpha value is -0.960. The number of aromatic hydroxyl groups is 1. The smallest absolute Gasteiger partial charge is 0.173 e. The van der Waals surface area contributed by atoms with Crippen molar-refractivity contribution in [3.63, 3.8) is 0 Å². The summed E-state index contributed by atoms with van der Waals surface area (Å²) < 4.78 is 3.13. The maximum Gasteiger partial charge on any atom is 0.173 e. The number of hydrogen-bond donors (Lipinski definition) is 1. The van der Waals surface area contributed by atoms with E-state index in [0.717, 1.165) is 10.2 Å². The lowest BCUT2D eigenvalue weighted by atomic mass is 10.5. The van der Waals surface area contributed by atoms with E-state index < -0.39 is 0 Å². The van der Waals surface area contributed by atoms with E-state index >= 15 is 0 Å². The average molecular weight is 153 g/mol. The van der Waals surface area contributed by atoms with Crippen LogP contribution in [0.5, 0.6) is 5.06 Å². The van der Waals surface area contributed by atoms with Gasteiger partial charge in [0, 0.05) is 19.3 Å². The first kappa shape index (κ1) is 5.80. The van der Waals surface area contributed by atoms with E-state index in [1.165, 1.54) is 11.3 Å². The standard InChI is InChI=1S/C7H7NOS/c1-8-3-2-6-5(8)4-7(9)10-6/h2-4,9H,1H3. The van der Waals surface area contributed by atoms with Crippen molar-refractivity contribution in [1.29, 1.82) is 0 Å². The van der Waals surface area contributed by atoms with Gasteiger partial charge in [-0.05, 0) is 6.07 Å². The fraction of sp³-hybridized carbons (Fsp3) is 0.143. The zero-order valence-corrected chi connectivity index (χ0v) is 6.35. The average Bonchev–Trinajstić information content (AvgIpc) is 2.35. The number of fused-ring (bicyclic) bond motifs is 1. The molecular weight excluding hydrogens is 146 g/mol. The molecule has 0 aliphatic heterocycles. The molecular formula is C7H7NOS. The molecule has 2 rings (SSSR count). The maximum absolute atomic E-state index is 9.07. The summed E-state index contributed by atoms with van der Waals surface area (Å²) in [7, 11) is 1.97. The largest absolute Gasteiger partial charge is 0.499 e. The Bertz CT molecular complexity index is 360. The third-order valence-corrected chi connectivity index (χ3v) is 2.45. The van der Waals surface area contributed by atoms with E-state index in [-0.39, 0.29) is 0 Å². The number of nitrogens with zero attached hydrogens (tertiary/aromatic N) is 1. The van der Waals surface area contributed by atoms with E-state index in [9.17, 15) is 0 Å². The van der Waals surface area contributed by atoms with Crippen molar-refractivity contribution in [2.75, 3.05) is 0 Å². The molecule has 0 amide bonds. The first-order chi connectivity index (χ1) is 4.77. The molecule has 0 fully saturated rings. The van der Waals surface area contributed by atoms with Gasteiger partial charge in [-0.15, -0.1) is 0 Å². The van der Waals surface area contributed by atoms with Crippen LogP contribution in [0, 0.1) is 0 Å². The van der Waals surface area contributed by atoms with Gasteiger partial charge in [0.25, 0.3) is 0 Å². The van der Waals surface area contributed by atoms with E-state index in [4.69, 9.17) is 5.11 Å². The molecule has 3 heteroatoms. The zero-order chi connectivity index (χ0) is 7.14. The van der Waals surface area contributed by atoms with Crippen molar-refractivity contribution < 1.29 is 5.11 Å². The normalized spacial score (nSPS) is 10.9. The molecule has 1 N–H and O–H groups in total. The van der Waals surface area contributed by atoms with Gasteiger partial charge in [0.05, 0.1) is 10.2 Å². The Morgan fingerprint density at radius 2 is 2.40 bits per heavy atom. The summed E-state index contributed by atoms with van der Waals surface area (Å²) in [5, 5.41) is 9.46. The fourth-order valence-electron chi connectivity index (χ4n) is 1.04. The molecule has 0 spiro atoms. The predicted octanol–water partition coefficient (Wildman–Crippen LogP) is 1.95. The molecule has 52 valence electrons. The number of thiophene rings is 1. The van der Waals surface area contributed by atoms with E-state index in [0.29, 0.717) is 5.06 Å². The molecule has 0 saturated heterocycles. The highest BCUT2D eigenvalue weighted by Gasteiger charge is 2.01. The molecule has 0 aliphatic carbocycles. The van der Waals surface area contributed by atoms with Crippen molar-refractivity contribution in [3.8, 4) is 5.06 Å².